The first kappa shape index (κ1) is 23.5. The largest absolute Gasteiger partial charge is 0.481 e. The molecular formula is C22H31N3O4S. The molecule has 0 bridgehead atoms. The lowest BCUT2D eigenvalue weighted by molar-refractivity contribution is -0.127. The number of rotatable bonds is 10. The van der Waals surface area contributed by atoms with Crippen LogP contribution in [0, 0.1) is 0 Å². The van der Waals surface area contributed by atoms with Gasteiger partial charge in [0.2, 0.25) is 10.0 Å². The number of carbonyl (C=O) groups excluding carboxylic acids is 1. The number of nitrogens with one attached hydrogen (secondary N) is 1. The molecule has 0 heterocycles. The molecule has 1 atom stereocenters. The molecule has 1 amide bonds. The Morgan fingerprint density at radius 1 is 1.00 bits per heavy atom. The van der Waals surface area contributed by atoms with E-state index in [1.165, 1.54) is 11.4 Å². The highest BCUT2D eigenvalue weighted by Gasteiger charge is 2.16. The van der Waals surface area contributed by atoms with Crippen LogP contribution in [0.25, 0.3) is 0 Å². The van der Waals surface area contributed by atoms with Gasteiger partial charge in [0.05, 0.1) is 11.9 Å². The van der Waals surface area contributed by atoms with Crippen molar-refractivity contribution in [2.45, 2.75) is 33.4 Å². The lowest BCUT2D eigenvalue weighted by atomic mass is 10.2. The summed E-state index contributed by atoms with van der Waals surface area (Å²) in [5, 5.41) is 2.88. The molecule has 0 aliphatic carbocycles. The standard InChI is InChI=1S/C22H31N3O4S/c1-6-25(7-2)20-10-8-18(9-11-20)16-23-22(26)17(3)29-21-14-12-19(13-15-21)24(4)30(5,27)28/h8-15,17H,6-7,16H2,1-5H3,(H,23,26)/t17-/m0/s1. The van der Waals surface area contributed by atoms with Gasteiger partial charge in [-0.1, -0.05) is 12.1 Å². The van der Waals surface area contributed by atoms with Crippen molar-refractivity contribution < 1.29 is 17.9 Å². The van der Waals surface area contributed by atoms with Gasteiger partial charge in [-0.25, -0.2) is 8.42 Å². The number of hydrogen-bond donors (Lipinski definition) is 1. The van der Waals surface area contributed by atoms with E-state index >= 15 is 0 Å². The van der Waals surface area contributed by atoms with Gasteiger partial charge in [0.15, 0.2) is 6.10 Å². The molecule has 0 saturated carbocycles. The molecule has 2 rings (SSSR count). The van der Waals surface area contributed by atoms with Crippen LogP contribution in [0.5, 0.6) is 5.75 Å². The maximum Gasteiger partial charge on any atom is 0.261 e. The first-order chi connectivity index (χ1) is 14.2. The van der Waals surface area contributed by atoms with E-state index in [1.54, 1.807) is 31.2 Å². The maximum absolute atomic E-state index is 12.4. The molecule has 0 unspecified atom stereocenters. The average molecular weight is 434 g/mol. The van der Waals surface area contributed by atoms with E-state index in [0.29, 0.717) is 18.0 Å². The van der Waals surface area contributed by atoms with Crippen LogP contribution in [-0.2, 0) is 21.4 Å². The van der Waals surface area contributed by atoms with Crippen LogP contribution in [0.3, 0.4) is 0 Å². The topological polar surface area (TPSA) is 79.0 Å². The Kier molecular flexibility index (Phi) is 8.11. The smallest absolute Gasteiger partial charge is 0.261 e. The van der Waals surface area contributed by atoms with E-state index in [-0.39, 0.29) is 5.91 Å². The van der Waals surface area contributed by atoms with Gasteiger partial charge in [0, 0.05) is 32.4 Å². The maximum atomic E-state index is 12.4. The minimum absolute atomic E-state index is 0.222. The lowest BCUT2D eigenvalue weighted by Crippen LogP contribution is -2.35. The van der Waals surface area contributed by atoms with E-state index in [0.717, 1.165) is 30.6 Å². The summed E-state index contributed by atoms with van der Waals surface area (Å²) in [6.45, 7) is 8.24. The van der Waals surface area contributed by atoms with Gasteiger partial charge in [-0.3, -0.25) is 9.10 Å². The second-order valence-corrected chi connectivity index (χ2v) is 9.05. The van der Waals surface area contributed by atoms with E-state index in [1.807, 2.05) is 12.1 Å². The number of carbonyl (C=O) groups is 1. The highest BCUT2D eigenvalue weighted by molar-refractivity contribution is 7.92. The average Bonchev–Trinajstić information content (AvgIpc) is 2.73. The van der Waals surface area contributed by atoms with Crippen molar-refractivity contribution in [1.82, 2.24) is 5.32 Å². The van der Waals surface area contributed by atoms with Gasteiger partial charge < -0.3 is 15.0 Å². The van der Waals surface area contributed by atoms with Gasteiger partial charge in [-0.15, -0.1) is 0 Å². The third-order valence-corrected chi connectivity index (χ3v) is 6.12. The molecule has 2 aromatic rings. The fourth-order valence-electron chi connectivity index (χ4n) is 2.93. The zero-order valence-electron chi connectivity index (χ0n) is 18.3. The molecule has 1 N–H and O–H groups in total. The number of sulfonamides is 1. The summed E-state index contributed by atoms with van der Waals surface area (Å²) in [7, 11) is -1.84. The van der Waals surface area contributed by atoms with Crippen molar-refractivity contribution in [1.29, 1.82) is 0 Å². The Labute approximate surface area is 179 Å². The highest BCUT2D eigenvalue weighted by Crippen LogP contribution is 2.21. The molecule has 0 saturated heterocycles. The molecule has 7 nitrogen and oxygen atoms in total. The minimum Gasteiger partial charge on any atom is -0.481 e. The summed E-state index contributed by atoms with van der Waals surface area (Å²) in [4.78, 5) is 14.6. The third-order valence-electron chi connectivity index (χ3n) is 4.91. The molecule has 0 aliphatic heterocycles. The molecule has 2 aromatic carbocycles. The third kappa shape index (κ3) is 6.38. The van der Waals surface area contributed by atoms with Gasteiger partial charge in [-0.05, 0) is 62.7 Å². The zero-order chi connectivity index (χ0) is 22.3. The summed E-state index contributed by atoms with van der Waals surface area (Å²) in [6.07, 6.45) is 0.458. The molecule has 164 valence electrons. The normalized spacial score (nSPS) is 12.2. The van der Waals surface area contributed by atoms with Crippen molar-refractivity contribution in [2.24, 2.45) is 0 Å². The molecule has 8 heteroatoms. The first-order valence-electron chi connectivity index (χ1n) is 9.98. The predicted octanol–water partition coefficient (Wildman–Crippen LogP) is 3.01. The Morgan fingerprint density at radius 3 is 2.03 bits per heavy atom. The van der Waals surface area contributed by atoms with E-state index in [9.17, 15) is 13.2 Å². The molecule has 0 radical (unpaired) electrons. The van der Waals surface area contributed by atoms with Gasteiger partial charge in [-0.2, -0.15) is 0 Å². The lowest BCUT2D eigenvalue weighted by Gasteiger charge is -2.21. The Balaban J connectivity index is 1.89. The van der Waals surface area contributed by atoms with Crippen molar-refractivity contribution in [3.63, 3.8) is 0 Å². The molecule has 0 aromatic heterocycles. The summed E-state index contributed by atoms with van der Waals surface area (Å²) in [5.74, 6) is 0.270. The fourth-order valence-corrected chi connectivity index (χ4v) is 3.43. The van der Waals surface area contributed by atoms with Crippen LogP contribution in [0.2, 0.25) is 0 Å². The Morgan fingerprint density at radius 2 is 1.53 bits per heavy atom. The predicted molar refractivity (Wildman–Crippen MR) is 122 cm³/mol. The second-order valence-electron chi connectivity index (χ2n) is 7.04. The van der Waals surface area contributed by atoms with Crippen molar-refractivity contribution >= 4 is 27.3 Å². The van der Waals surface area contributed by atoms with E-state index in [2.05, 4.69) is 36.2 Å². The van der Waals surface area contributed by atoms with Crippen LogP contribution in [0.4, 0.5) is 11.4 Å². The zero-order valence-corrected chi connectivity index (χ0v) is 19.1. The van der Waals surface area contributed by atoms with Crippen LogP contribution < -0.4 is 19.3 Å². The highest BCUT2D eigenvalue weighted by atomic mass is 32.2. The summed E-state index contributed by atoms with van der Waals surface area (Å²) < 4.78 is 30.0. The molecule has 0 spiro atoms. The number of ether oxygens (including phenoxy) is 1. The number of hydrogen-bond acceptors (Lipinski definition) is 5. The summed E-state index contributed by atoms with van der Waals surface area (Å²) >= 11 is 0. The second kappa shape index (κ2) is 10.3. The quantitative estimate of drug-likeness (QED) is 0.623. The van der Waals surface area contributed by atoms with E-state index < -0.39 is 16.1 Å². The molecule has 0 aliphatic rings. The summed E-state index contributed by atoms with van der Waals surface area (Å²) in [5.41, 5.74) is 2.70. The Bertz CT molecular complexity index is 924. The van der Waals surface area contributed by atoms with E-state index in [4.69, 9.17) is 4.74 Å². The SMILES string of the molecule is CCN(CC)c1ccc(CNC(=O)[C@H](C)Oc2ccc(N(C)S(C)(=O)=O)cc2)cc1. The van der Waals surface area contributed by atoms with Crippen LogP contribution in [-0.4, -0.2) is 46.8 Å². The van der Waals surface area contributed by atoms with Crippen molar-refractivity contribution in [3.05, 3.63) is 54.1 Å². The van der Waals surface area contributed by atoms with Crippen molar-refractivity contribution in [3.8, 4) is 5.75 Å². The molecular weight excluding hydrogens is 402 g/mol. The van der Waals surface area contributed by atoms with Crippen molar-refractivity contribution in [2.75, 3.05) is 35.6 Å². The minimum atomic E-state index is -3.32. The van der Waals surface area contributed by atoms with Gasteiger partial charge in [0.25, 0.3) is 5.91 Å². The van der Waals surface area contributed by atoms with Crippen LogP contribution in [0.1, 0.15) is 26.3 Å². The molecule has 0 fully saturated rings. The monoisotopic (exact) mass is 433 g/mol. The molecule has 30 heavy (non-hydrogen) atoms. The fraction of sp³-hybridized carbons (Fsp3) is 0.409. The number of anilines is 2. The summed E-state index contributed by atoms with van der Waals surface area (Å²) in [6, 6.07) is 14.7. The van der Waals surface area contributed by atoms with Crippen LogP contribution >= 0.6 is 0 Å². The van der Waals surface area contributed by atoms with Gasteiger partial charge >= 0.3 is 0 Å². The number of amides is 1. The first-order valence-corrected chi connectivity index (χ1v) is 11.8. The number of benzene rings is 2. The van der Waals surface area contributed by atoms with Crippen LogP contribution in [0.15, 0.2) is 48.5 Å². The number of nitrogens with zero attached hydrogens (tertiary/aromatic N) is 2. The van der Waals surface area contributed by atoms with Gasteiger partial charge in [0.1, 0.15) is 5.75 Å². The Hall–Kier alpha value is -2.74.